The summed E-state index contributed by atoms with van der Waals surface area (Å²) in [5.41, 5.74) is -0.119. The van der Waals surface area contributed by atoms with E-state index in [1.165, 1.54) is 19.3 Å². The lowest BCUT2D eigenvalue weighted by molar-refractivity contribution is -0.122. The van der Waals surface area contributed by atoms with E-state index in [2.05, 4.69) is 15.5 Å². The molecule has 0 bridgehead atoms. The molecule has 1 amide bonds. The third kappa shape index (κ3) is 4.32. The molecule has 0 radical (unpaired) electrons. The fraction of sp³-hybridized carbons (Fsp3) is 0.800. The molecule has 5 heteroatoms. The second kappa shape index (κ2) is 6.37. The highest BCUT2D eigenvalue weighted by atomic mass is 16.5. The van der Waals surface area contributed by atoms with Gasteiger partial charge in [0.25, 0.3) is 0 Å². The summed E-state index contributed by atoms with van der Waals surface area (Å²) in [5, 5.41) is 7.06. The molecule has 1 saturated carbocycles. The minimum Gasteiger partial charge on any atom is -0.353 e. The molecule has 0 aromatic carbocycles. The molecule has 20 heavy (non-hydrogen) atoms. The first kappa shape index (κ1) is 15.0. The van der Waals surface area contributed by atoms with Crippen molar-refractivity contribution in [3.63, 3.8) is 0 Å². The third-order valence-corrected chi connectivity index (χ3v) is 3.68. The minimum absolute atomic E-state index is 0.0902. The highest BCUT2D eigenvalue weighted by Gasteiger charge is 2.21. The van der Waals surface area contributed by atoms with Crippen molar-refractivity contribution in [2.75, 3.05) is 0 Å². The molecule has 0 unspecified atom stereocenters. The predicted molar refractivity (Wildman–Crippen MR) is 76.3 cm³/mol. The molecule has 1 heterocycles. The van der Waals surface area contributed by atoms with Crippen LogP contribution >= 0.6 is 0 Å². The molecule has 112 valence electrons. The Labute approximate surface area is 120 Å². The number of hydrogen-bond acceptors (Lipinski definition) is 4. The van der Waals surface area contributed by atoms with E-state index in [1.54, 1.807) is 0 Å². The zero-order valence-electron chi connectivity index (χ0n) is 12.7. The molecular weight excluding hydrogens is 254 g/mol. The van der Waals surface area contributed by atoms with Gasteiger partial charge in [-0.3, -0.25) is 4.79 Å². The zero-order chi connectivity index (χ0) is 14.6. The monoisotopic (exact) mass is 279 g/mol. The standard InChI is InChI=1S/C15H25N3O2/c1-15(2,3)14-17-13(20-18-14)10-9-12(19)16-11-7-5-4-6-8-11/h11H,4-10H2,1-3H3,(H,16,19). The smallest absolute Gasteiger partial charge is 0.227 e. The van der Waals surface area contributed by atoms with Gasteiger partial charge in [0.1, 0.15) is 0 Å². The van der Waals surface area contributed by atoms with E-state index in [-0.39, 0.29) is 11.3 Å². The van der Waals surface area contributed by atoms with Crippen LogP contribution in [0, 0.1) is 0 Å². The lowest BCUT2D eigenvalue weighted by Crippen LogP contribution is -2.36. The first-order chi connectivity index (χ1) is 9.45. The number of aryl methyl sites for hydroxylation is 1. The number of nitrogens with one attached hydrogen (secondary N) is 1. The Morgan fingerprint density at radius 3 is 2.60 bits per heavy atom. The number of carbonyl (C=O) groups is 1. The topological polar surface area (TPSA) is 68.0 Å². The van der Waals surface area contributed by atoms with Crippen molar-refractivity contribution in [1.29, 1.82) is 0 Å². The van der Waals surface area contributed by atoms with Gasteiger partial charge in [-0.1, -0.05) is 45.2 Å². The van der Waals surface area contributed by atoms with Crippen LogP contribution in [0.15, 0.2) is 4.52 Å². The molecule has 1 aliphatic rings. The molecule has 1 aromatic heterocycles. The number of rotatable bonds is 4. The molecule has 0 saturated heterocycles. The van der Waals surface area contributed by atoms with E-state index in [0.717, 1.165) is 12.8 Å². The molecular formula is C15H25N3O2. The lowest BCUT2D eigenvalue weighted by atomic mass is 9.95. The second-order valence-electron chi connectivity index (χ2n) is 6.66. The third-order valence-electron chi connectivity index (χ3n) is 3.68. The normalized spacial score (nSPS) is 17.1. The summed E-state index contributed by atoms with van der Waals surface area (Å²) in [6.07, 6.45) is 6.90. The van der Waals surface area contributed by atoms with Crippen molar-refractivity contribution in [2.45, 2.75) is 77.2 Å². The van der Waals surface area contributed by atoms with Gasteiger partial charge in [0.15, 0.2) is 5.82 Å². The Balaban J connectivity index is 1.76. The van der Waals surface area contributed by atoms with Crippen molar-refractivity contribution in [3.8, 4) is 0 Å². The molecule has 0 spiro atoms. The Morgan fingerprint density at radius 1 is 1.30 bits per heavy atom. The van der Waals surface area contributed by atoms with E-state index in [0.29, 0.717) is 30.6 Å². The fourth-order valence-electron chi connectivity index (χ4n) is 2.43. The number of carbonyl (C=O) groups excluding carboxylic acids is 1. The number of aromatic nitrogens is 2. The van der Waals surface area contributed by atoms with Gasteiger partial charge in [-0.2, -0.15) is 4.98 Å². The summed E-state index contributed by atoms with van der Waals surface area (Å²) in [7, 11) is 0. The summed E-state index contributed by atoms with van der Waals surface area (Å²) >= 11 is 0. The van der Waals surface area contributed by atoms with Crippen molar-refractivity contribution < 1.29 is 9.32 Å². The van der Waals surface area contributed by atoms with Crippen LogP contribution in [0.5, 0.6) is 0 Å². The molecule has 1 N–H and O–H groups in total. The van der Waals surface area contributed by atoms with E-state index < -0.39 is 0 Å². The summed E-state index contributed by atoms with van der Waals surface area (Å²) in [6, 6.07) is 0.365. The van der Waals surface area contributed by atoms with E-state index in [9.17, 15) is 4.79 Å². The molecule has 1 fully saturated rings. The molecule has 1 aromatic rings. The predicted octanol–water partition coefficient (Wildman–Crippen LogP) is 2.75. The van der Waals surface area contributed by atoms with Crippen molar-refractivity contribution in [2.24, 2.45) is 0 Å². The van der Waals surface area contributed by atoms with Crippen LogP contribution in [0.3, 0.4) is 0 Å². The second-order valence-corrected chi connectivity index (χ2v) is 6.66. The van der Waals surface area contributed by atoms with Gasteiger partial charge in [0.05, 0.1) is 0 Å². The van der Waals surface area contributed by atoms with Gasteiger partial charge >= 0.3 is 0 Å². The maximum atomic E-state index is 11.9. The highest BCUT2D eigenvalue weighted by Crippen LogP contribution is 2.19. The zero-order valence-corrected chi connectivity index (χ0v) is 12.7. The lowest BCUT2D eigenvalue weighted by Gasteiger charge is -2.22. The van der Waals surface area contributed by atoms with Crippen LogP contribution in [0.25, 0.3) is 0 Å². The first-order valence-electron chi connectivity index (χ1n) is 7.57. The highest BCUT2D eigenvalue weighted by molar-refractivity contribution is 5.76. The van der Waals surface area contributed by atoms with Gasteiger partial charge in [0.2, 0.25) is 11.8 Å². The minimum atomic E-state index is -0.119. The van der Waals surface area contributed by atoms with Gasteiger partial charge in [-0.05, 0) is 12.8 Å². The average molecular weight is 279 g/mol. The molecule has 0 atom stereocenters. The Kier molecular flexibility index (Phi) is 4.78. The molecule has 5 nitrogen and oxygen atoms in total. The number of amides is 1. The van der Waals surface area contributed by atoms with Gasteiger partial charge in [-0.25, -0.2) is 0 Å². The number of nitrogens with zero attached hydrogens (tertiary/aromatic N) is 2. The van der Waals surface area contributed by atoms with Crippen molar-refractivity contribution >= 4 is 5.91 Å². The first-order valence-corrected chi connectivity index (χ1v) is 7.57. The Hall–Kier alpha value is -1.39. The van der Waals surface area contributed by atoms with Crippen LogP contribution in [-0.2, 0) is 16.6 Å². The maximum Gasteiger partial charge on any atom is 0.227 e. The largest absolute Gasteiger partial charge is 0.353 e. The molecule has 0 aliphatic heterocycles. The summed E-state index contributed by atoms with van der Waals surface area (Å²) in [4.78, 5) is 16.2. The van der Waals surface area contributed by atoms with Crippen LogP contribution in [0.4, 0.5) is 0 Å². The van der Waals surface area contributed by atoms with E-state index >= 15 is 0 Å². The van der Waals surface area contributed by atoms with E-state index in [4.69, 9.17) is 4.52 Å². The Morgan fingerprint density at radius 2 is 2.00 bits per heavy atom. The molecule has 2 rings (SSSR count). The van der Waals surface area contributed by atoms with Crippen molar-refractivity contribution in [3.05, 3.63) is 11.7 Å². The van der Waals surface area contributed by atoms with Gasteiger partial charge in [0, 0.05) is 24.3 Å². The average Bonchev–Trinajstić information content (AvgIpc) is 2.86. The maximum absolute atomic E-state index is 11.9. The Bertz CT molecular complexity index is 442. The summed E-state index contributed by atoms with van der Waals surface area (Å²) < 4.78 is 5.19. The van der Waals surface area contributed by atoms with E-state index in [1.807, 2.05) is 20.8 Å². The summed E-state index contributed by atoms with van der Waals surface area (Å²) in [5.74, 6) is 1.33. The van der Waals surface area contributed by atoms with Crippen LogP contribution in [0.1, 0.15) is 71.0 Å². The molecule has 1 aliphatic carbocycles. The van der Waals surface area contributed by atoms with Crippen LogP contribution in [0.2, 0.25) is 0 Å². The van der Waals surface area contributed by atoms with Gasteiger partial charge < -0.3 is 9.84 Å². The van der Waals surface area contributed by atoms with Crippen molar-refractivity contribution in [1.82, 2.24) is 15.5 Å². The number of hydrogen-bond donors (Lipinski definition) is 1. The van der Waals surface area contributed by atoms with Crippen LogP contribution < -0.4 is 5.32 Å². The SMILES string of the molecule is CC(C)(C)c1noc(CCC(=O)NC2CCCCC2)n1. The quantitative estimate of drug-likeness (QED) is 0.920. The van der Waals surface area contributed by atoms with Gasteiger partial charge in [-0.15, -0.1) is 0 Å². The summed E-state index contributed by atoms with van der Waals surface area (Å²) in [6.45, 7) is 6.12. The fourth-order valence-corrected chi connectivity index (χ4v) is 2.43. The van der Waals surface area contributed by atoms with Crippen LogP contribution in [-0.4, -0.2) is 22.1 Å².